The monoisotopic (exact) mass is 333 g/mol. The molecule has 126 valence electrons. The maximum atomic E-state index is 11.4. The number of carbonyl (C=O) groups is 1. The zero-order valence-electron chi connectivity index (χ0n) is 13.6. The minimum absolute atomic E-state index is 0.263. The van der Waals surface area contributed by atoms with Crippen LogP contribution in [0.4, 0.5) is 0 Å². The van der Waals surface area contributed by atoms with E-state index in [1.807, 2.05) is 54.6 Å². The van der Waals surface area contributed by atoms with Crippen LogP contribution in [0.25, 0.3) is 23.4 Å². The molecule has 0 radical (unpaired) electrons. The fourth-order valence-electron chi connectivity index (χ4n) is 2.64. The number of nitrogens with one attached hydrogen (secondary N) is 1. The highest BCUT2D eigenvalue weighted by Crippen LogP contribution is 2.23. The van der Waals surface area contributed by atoms with Gasteiger partial charge in [0.05, 0.1) is 11.3 Å². The molecule has 0 saturated carbocycles. The van der Waals surface area contributed by atoms with Gasteiger partial charge in [-0.2, -0.15) is 0 Å². The maximum absolute atomic E-state index is 11.4. The van der Waals surface area contributed by atoms with Crippen molar-refractivity contribution >= 4 is 18.1 Å². The number of benzene rings is 1. The number of carboxylic acids is 1. The second kappa shape index (κ2) is 7.59. The lowest BCUT2D eigenvalue weighted by molar-refractivity contribution is 0.0696. The highest BCUT2D eigenvalue weighted by atomic mass is 16.4. The second-order valence-corrected chi connectivity index (χ2v) is 5.63. The number of rotatable bonds is 6. The number of nitrogens with two attached hydrogens (primary N) is 1. The van der Waals surface area contributed by atoms with Crippen molar-refractivity contribution in [2.45, 2.75) is 6.42 Å². The summed E-state index contributed by atoms with van der Waals surface area (Å²) in [7, 11) is 0. The molecule has 2 heterocycles. The van der Waals surface area contributed by atoms with Gasteiger partial charge in [0.2, 0.25) is 0 Å². The number of aromatic amines is 1. The van der Waals surface area contributed by atoms with Gasteiger partial charge in [-0.3, -0.25) is 4.98 Å². The summed E-state index contributed by atoms with van der Waals surface area (Å²) in [4.78, 5) is 18.9. The van der Waals surface area contributed by atoms with E-state index in [1.54, 1.807) is 12.3 Å². The zero-order valence-corrected chi connectivity index (χ0v) is 13.6. The number of nitrogens with zero attached hydrogens (tertiary/aromatic N) is 1. The van der Waals surface area contributed by atoms with Gasteiger partial charge in [-0.15, -0.1) is 0 Å². The first-order chi connectivity index (χ1) is 12.2. The lowest BCUT2D eigenvalue weighted by Crippen LogP contribution is -2.07. The smallest absolute Gasteiger partial charge is 0.337 e. The Morgan fingerprint density at radius 1 is 1.16 bits per heavy atom. The third kappa shape index (κ3) is 4.02. The second-order valence-electron chi connectivity index (χ2n) is 5.63. The molecule has 0 saturated heterocycles. The summed E-state index contributed by atoms with van der Waals surface area (Å²) in [6, 6.07) is 15.4. The molecule has 3 rings (SSSR count). The molecule has 0 aliphatic heterocycles. The topological polar surface area (TPSA) is 92.0 Å². The lowest BCUT2D eigenvalue weighted by Gasteiger charge is -2.00. The average molecular weight is 333 g/mol. The van der Waals surface area contributed by atoms with Crippen LogP contribution in [0.3, 0.4) is 0 Å². The molecule has 5 nitrogen and oxygen atoms in total. The van der Waals surface area contributed by atoms with Crippen molar-refractivity contribution in [2.75, 3.05) is 6.54 Å². The fraction of sp³-hybridized carbons (Fsp3) is 0.100. The van der Waals surface area contributed by atoms with E-state index in [0.29, 0.717) is 18.7 Å². The predicted octanol–water partition coefficient (Wildman–Crippen LogP) is 3.45. The number of hydrogen-bond donors (Lipinski definition) is 3. The van der Waals surface area contributed by atoms with Gasteiger partial charge in [0.25, 0.3) is 0 Å². The summed E-state index contributed by atoms with van der Waals surface area (Å²) >= 11 is 0. The van der Waals surface area contributed by atoms with Gasteiger partial charge >= 0.3 is 5.97 Å². The van der Waals surface area contributed by atoms with Crippen LogP contribution in [-0.2, 0) is 6.42 Å². The molecule has 5 heteroatoms. The van der Waals surface area contributed by atoms with Crippen LogP contribution in [0.1, 0.15) is 27.3 Å². The summed E-state index contributed by atoms with van der Waals surface area (Å²) in [6.07, 6.45) is 6.13. The van der Waals surface area contributed by atoms with Gasteiger partial charge in [0.1, 0.15) is 0 Å². The molecule has 0 aliphatic carbocycles. The standard InChI is InChI=1S/C20H19N3O2/c21-10-8-18-17(20(24)25)13-19(23-18)15-9-11-22-16(12-15)7-6-14-4-2-1-3-5-14/h1-7,9,11-13,23H,8,10,21H2,(H,24,25). The Morgan fingerprint density at radius 3 is 2.68 bits per heavy atom. The highest BCUT2D eigenvalue weighted by molar-refractivity contribution is 5.91. The molecular formula is C20H19N3O2. The van der Waals surface area contributed by atoms with Crippen LogP contribution in [0.15, 0.2) is 54.7 Å². The van der Waals surface area contributed by atoms with E-state index in [1.165, 1.54) is 0 Å². The minimum Gasteiger partial charge on any atom is -0.478 e. The van der Waals surface area contributed by atoms with Crippen molar-refractivity contribution < 1.29 is 9.90 Å². The summed E-state index contributed by atoms with van der Waals surface area (Å²) in [5.41, 5.74) is 9.99. The van der Waals surface area contributed by atoms with Crippen LogP contribution in [0.5, 0.6) is 0 Å². The maximum Gasteiger partial charge on any atom is 0.337 e. The zero-order chi connectivity index (χ0) is 17.6. The number of aromatic nitrogens is 2. The Kier molecular flexibility index (Phi) is 5.06. The molecule has 4 N–H and O–H groups in total. The van der Waals surface area contributed by atoms with E-state index in [2.05, 4.69) is 9.97 Å². The normalized spacial score (nSPS) is 11.1. The number of aromatic carboxylic acids is 1. The van der Waals surface area contributed by atoms with Gasteiger partial charge < -0.3 is 15.8 Å². The Bertz CT molecular complexity index is 898. The largest absolute Gasteiger partial charge is 0.478 e. The number of hydrogen-bond acceptors (Lipinski definition) is 3. The summed E-state index contributed by atoms with van der Waals surface area (Å²) in [6.45, 7) is 0.391. The Morgan fingerprint density at radius 2 is 1.96 bits per heavy atom. The highest BCUT2D eigenvalue weighted by Gasteiger charge is 2.14. The quantitative estimate of drug-likeness (QED) is 0.644. The van der Waals surface area contributed by atoms with E-state index in [9.17, 15) is 9.90 Å². The number of H-pyrrole nitrogens is 1. The van der Waals surface area contributed by atoms with E-state index in [0.717, 1.165) is 22.5 Å². The molecule has 3 aromatic rings. The van der Waals surface area contributed by atoms with Crippen molar-refractivity contribution in [2.24, 2.45) is 5.73 Å². The van der Waals surface area contributed by atoms with E-state index in [4.69, 9.17) is 5.73 Å². The molecule has 0 spiro atoms. The molecule has 1 aromatic carbocycles. The number of pyridine rings is 1. The molecule has 25 heavy (non-hydrogen) atoms. The molecule has 0 atom stereocenters. The molecule has 0 fully saturated rings. The number of carboxylic acid groups (broad SMARTS) is 1. The first-order valence-corrected chi connectivity index (χ1v) is 8.02. The van der Waals surface area contributed by atoms with Crippen LogP contribution in [0.2, 0.25) is 0 Å². The van der Waals surface area contributed by atoms with Gasteiger partial charge in [0, 0.05) is 29.6 Å². The van der Waals surface area contributed by atoms with Crippen molar-refractivity contribution in [3.8, 4) is 11.3 Å². The molecular weight excluding hydrogens is 314 g/mol. The summed E-state index contributed by atoms with van der Waals surface area (Å²) in [5.74, 6) is -0.954. The van der Waals surface area contributed by atoms with Crippen LogP contribution < -0.4 is 5.73 Å². The van der Waals surface area contributed by atoms with E-state index < -0.39 is 5.97 Å². The van der Waals surface area contributed by atoms with Gasteiger partial charge in [-0.25, -0.2) is 4.79 Å². The van der Waals surface area contributed by atoms with Gasteiger partial charge in [-0.1, -0.05) is 36.4 Å². The lowest BCUT2D eigenvalue weighted by atomic mass is 10.1. The minimum atomic E-state index is -0.954. The Balaban J connectivity index is 1.90. The van der Waals surface area contributed by atoms with E-state index >= 15 is 0 Å². The SMILES string of the molecule is NCCc1[nH]c(-c2ccnc(C=Cc3ccccc3)c2)cc1C(=O)O. The molecule has 2 aromatic heterocycles. The molecule has 0 unspecified atom stereocenters. The van der Waals surface area contributed by atoms with Crippen LogP contribution in [-0.4, -0.2) is 27.6 Å². The molecule has 0 amide bonds. The predicted molar refractivity (Wildman–Crippen MR) is 99.1 cm³/mol. The van der Waals surface area contributed by atoms with Crippen molar-refractivity contribution in [3.05, 3.63) is 77.2 Å². The van der Waals surface area contributed by atoms with Gasteiger partial charge in [-0.05, 0) is 36.4 Å². The first-order valence-electron chi connectivity index (χ1n) is 8.02. The third-order valence-corrected chi connectivity index (χ3v) is 3.86. The van der Waals surface area contributed by atoms with Crippen molar-refractivity contribution in [1.82, 2.24) is 9.97 Å². The van der Waals surface area contributed by atoms with Crippen LogP contribution >= 0.6 is 0 Å². The van der Waals surface area contributed by atoms with Crippen LogP contribution in [0, 0.1) is 0 Å². The first kappa shape index (κ1) is 16.7. The molecule has 0 bridgehead atoms. The van der Waals surface area contributed by atoms with Crippen molar-refractivity contribution in [1.29, 1.82) is 0 Å². The van der Waals surface area contributed by atoms with E-state index in [-0.39, 0.29) is 5.56 Å². The molecule has 0 aliphatic rings. The average Bonchev–Trinajstić information content (AvgIpc) is 3.06. The fourth-order valence-corrected chi connectivity index (χ4v) is 2.64. The van der Waals surface area contributed by atoms with Gasteiger partial charge in [0.15, 0.2) is 0 Å². The summed E-state index contributed by atoms with van der Waals surface area (Å²) in [5, 5.41) is 9.33. The third-order valence-electron chi connectivity index (χ3n) is 3.86. The Hall–Kier alpha value is -3.18. The summed E-state index contributed by atoms with van der Waals surface area (Å²) < 4.78 is 0. The van der Waals surface area contributed by atoms with Crippen molar-refractivity contribution in [3.63, 3.8) is 0 Å². The Labute approximate surface area is 145 Å².